The molecule has 0 aromatic rings. The monoisotopic (exact) mass is 198 g/mol. The topological polar surface area (TPSA) is 72.2 Å². The summed E-state index contributed by atoms with van der Waals surface area (Å²) in [6.45, 7) is 2.38. The third-order valence-electron chi connectivity index (χ3n) is 1.08. The standard InChI is InChI=1S/C5H14N2O2S2/c1-5(4-10-2)3-7-11(6,8)9/h5,7H,3-4H2,1-2H3,(H2,6,8,9). The van der Waals surface area contributed by atoms with E-state index in [-0.39, 0.29) is 0 Å². The maximum atomic E-state index is 10.4. The van der Waals surface area contributed by atoms with Crippen molar-refractivity contribution < 1.29 is 8.42 Å². The van der Waals surface area contributed by atoms with E-state index in [9.17, 15) is 8.42 Å². The van der Waals surface area contributed by atoms with E-state index in [0.717, 1.165) is 5.75 Å². The Hall–Kier alpha value is 0.220. The van der Waals surface area contributed by atoms with Crippen molar-refractivity contribution in [3.8, 4) is 0 Å². The molecule has 0 saturated heterocycles. The second kappa shape index (κ2) is 4.97. The molecule has 4 nitrogen and oxygen atoms in total. The van der Waals surface area contributed by atoms with Crippen molar-refractivity contribution in [2.45, 2.75) is 6.92 Å². The summed E-state index contributed by atoms with van der Waals surface area (Å²) < 4.78 is 23.0. The fourth-order valence-corrected chi connectivity index (χ4v) is 1.81. The van der Waals surface area contributed by atoms with Crippen LogP contribution < -0.4 is 9.86 Å². The van der Waals surface area contributed by atoms with Crippen LogP contribution in [0, 0.1) is 5.92 Å². The first-order chi connectivity index (χ1) is 4.95. The zero-order valence-electron chi connectivity index (χ0n) is 6.70. The Morgan fingerprint density at radius 2 is 2.18 bits per heavy atom. The van der Waals surface area contributed by atoms with Crippen LogP contribution in [0.25, 0.3) is 0 Å². The summed E-state index contributed by atoms with van der Waals surface area (Å²) >= 11 is 1.68. The van der Waals surface area contributed by atoms with Crippen LogP contribution >= 0.6 is 11.8 Å². The van der Waals surface area contributed by atoms with Gasteiger partial charge in [0.15, 0.2) is 0 Å². The molecule has 0 aliphatic rings. The second-order valence-electron chi connectivity index (χ2n) is 2.45. The molecule has 1 atom stereocenters. The lowest BCUT2D eigenvalue weighted by molar-refractivity contribution is 0.564. The number of thioether (sulfide) groups is 1. The van der Waals surface area contributed by atoms with E-state index < -0.39 is 10.2 Å². The molecular weight excluding hydrogens is 184 g/mol. The lowest BCUT2D eigenvalue weighted by Crippen LogP contribution is -2.34. The average molecular weight is 198 g/mol. The summed E-state index contributed by atoms with van der Waals surface area (Å²) in [5, 5.41) is 4.73. The highest BCUT2D eigenvalue weighted by Crippen LogP contribution is 2.02. The van der Waals surface area contributed by atoms with Crippen molar-refractivity contribution in [2.75, 3.05) is 18.6 Å². The van der Waals surface area contributed by atoms with Gasteiger partial charge in [-0.3, -0.25) is 0 Å². The zero-order valence-corrected chi connectivity index (χ0v) is 8.33. The predicted molar refractivity (Wildman–Crippen MR) is 48.7 cm³/mol. The van der Waals surface area contributed by atoms with Gasteiger partial charge in [-0.15, -0.1) is 0 Å². The van der Waals surface area contributed by atoms with E-state index in [0.29, 0.717) is 12.5 Å². The third-order valence-corrected chi connectivity index (χ3v) is 2.56. The van der Waals surface area contributed by atoms with E-state index in [4.69, 9.17) is 5.14 Å². The molecule has 0 radical (unpaired) electrons. The molecular formula is C5H14N2O2S2. The van der Waals surface area contributed by atoms with Crippen LogP contribution in [0.3, 0.4) is 0 Å². The maximum absolute atomic E-state index is 10.4. The van der Waals surface area contributed by atoms with Crippen molar-refractivity contribution in [1.29, 1.82) is 0 Å². The first kappa shape index (κ1) is 11.2. The molecule has 0 amide bonds. The molecule has 0 saturated carbocycles. The fourth-order valence-electron chi connectivity index (χ4n) is 0.602. The molecule has 0 aromatic heterocycles. The van der Waals surface area contributed by atoms with Gasteiger partial charge in [0.25, 0.3) is 10.2 Å². The highest BCUT2D eigenvalue weighted by Gasteiger charge is 2.04. The summed E-state index contributed by atoms with van der Waals surface area (Å²) in [6.07, 6.45) is 1.98. The molecule has 0 rings (SSSR count). The summed E-state index contributed by atoms with van der Waals surface area (Å²) in [5.41, 5.74) is 0. The lowest BCUT2D eigenvalue weighted by atomic mass is 10.2. The number of rotatable bonds is 5. The molecule has 1 unspecified atom stereocenters. The van der Waals surface area contributed by atoms with Gasteiger partial charge in [0.2, 0.25) is 0 Å². The Labute approximate surface area is 72.1 Å². The Morgan fingerprint density at radius 3 is 2.55 bits per heavy atom. The number of nitrogens with one attached hydrogen (secondary N) is 1. The van der Waals surface area contributed by atoms with Crippen molar-refractivity contribution in [3.63, 3.8) is 0 Å². The lowest BCUT2D eigenvalue weighted by Gasteiger charge is -2.08. The maximum Gasteiger partial charge on any atom is 0.274 e. The molecule has 0 aromatic carbocycles. The van der Waals surface area contributed by atoms with E-state index in [1.165, 1.54) is 0 Å². The van der Waals surface area contributed by atoms with Crippen LogP contribution in [0.5, 0.6) is 0 Å². The first-order valence-electron chi connectivity index (χ1n) is 3.22. The van der Waals surface area contributed by atoms with E-state index in [1.807, 2.05) is 13.2 Å². The normalized spacial score (nSPS) is 14.8. The fraction of sp³-hybridized carbons (Fsp3) is 1.00. The van der Waals surface area contributed by atoms with Gasteiger partial charge >= 0.3 is 0 Å². The second-order valence-corrected chi connectivity index (χ2v) is 4.74. The van der Waals surface area contributed by atoms with E-state index in [2.05, 4.69) is 4.72 Å². The largest absolute Gasteiger partial charge is 0.274 e. The van der Waals surface area contributed by atoms with Crippen molar-refractivity contribution in [1.82, 2.24) is 4.72 Å². The minimum atomic E-state index is -3.50. The molecule has 11 heavy (non-hydrogen) atoms. The predicted octanol–water partition coefficient (Wildman–Crippen LogP) is -0.221. The quantitative estimate of drug-likeness (QED) is 0.641. The van der Waals surface area contributed by atoms with Crippen molar-refractivity contribution >= 4 is 22.0 Å². The van der Waals surface area contributed by atoms with Gasteiger partial charge in [-0.2, -0.15) is 20.2 Å². The molecule has 0 heterocycles. The van der Waals surface area contributed by atoms with Crippen molar-refractivity contribution in [2.24, 2.45) is 11.1 Å². The Balaban J connectivity index is 3.54. The molecule has 0 aliphatic heterocycles. The summed E-state index contributed by atoms with van der Waals surface area (Å²) in [7, 11) is -3.50. The van der Waals surface area contributed by atoms with E-state index in [1.54, 1.807) is 11.8 Å². The van der Waals surface area contributed by atoms with Gasteiger partial charge < -0.3 is 0 Å². The summed E-state index contributed by atoms with van der Waals surface area (Å²) in [5.74, 6) is 1.26. The molecule has 68 valence electrons. The van der Waals surface area contributed by atoms with Gasteiger partial charge in [0, 0.05) is 6.54 Å². The number of hydrogen-bond donors (Lipinski definition) is 2. The minimum Gasteiger partial charge on any atom is -0.216 e. The Bertz CT molecular complexity index is 191. The molecule has 0 spiro atoms. The van der Waals surface area contributed by atoms with E-state index >= 15 is 0 Å². The molecule has 3 N–H and O–H groups in total. The van der Waals surface area contributed by atoms with Crippen LogP contribution in [0.15, 0.2) is 0 Å². The highest BCUT2D eigenvalue weighted by atomic mass is 32.2. The molecule has 0 aliphatic carbocycles. The van der Waals surface area contributed by atoms with Crippen LogP contribution in [0.2, 0.25) is 0 Å². The number of nitrogens with two attached hydrogens (primary N) is 1. The summed E-state index contributed by atoms with van der Waals surface area (Å²) in [4.78, 5) is 0. The Morgan fingerprint density at radius 1 is 1.64 bits per heavy atom. The van der Waals surface area contributed by atoms with Gasteiger partial charge in [0.05, 0.1) is 0 Å². The third kappa shape index (κ3) is 8.12. The molecule has 0 fully saturated rings. The average Bonchev–Trinajstić information content (AvgIpc) is 1.83. The smallest absolute Gasteiger partial charge is 0.216 e. The first-order valence-corrected chi connectivity index (χ1v) is 6.16. The molecule has 0 bridgehead atoms. The van der Waals surface area contributed by atoms with Gasteiger partial charge in [-0.05, 0) is 17.9 Å². The van der Waals surface area contributed by atoms with Crippen molar-refractivity contribution in [3.05, 3.63) is 0 Å². The zero-order chi connectivity index (χ0) is 8.91. The van der Waals surface area contributed by atoms with Gasteiger partial charge in [-0.1, -0.05) is 6.92 Å². The Kier molecular flexibility index (Phi) is 5.07. The minimum absolute atomic E-state index is 0.323. The van der Waals surface area contributed by atoms with Gasteiger partial charge in [-0.25, -0.2) is 9.86 Å². The van der Waals surface area contributed by atoms with Crippen LogP contribution in [0.1, 0.15) is 6.92 Å². The van der Waals surface area contributed by atoms with Crippen LogP contribution in [-0.2, 0) is 10.2 Å². The molecule has 6 heteroatoms. The highest BCUT2D eigenvalue weighted by molar-refractivity contribution is 7.98. The summed E-state index contributed by atoms with van der Waals surface area (Å²) in [6, 6.07) is 0. The SMILES string of the molecule is CSCC(C)CNS(N)(=O)=O. The van der Waals surface area contributed by atoms with Crippen LogP contribution in [0.4, 0.5) is 0 Å². The van der Waals surface area contributed by atoms with Gasteiger partial charge in [0.1, 0.15) is 0 Å². The van der Waals surface area contributed by atoms with Crippen LogP contribution in [-0.4, -0.2) is 27.0 Å². The number of hydrogen-bond acceptors (Lipinski definition) is 3.